The Bertz CT molecular complexity index is 405. The summed E-state index contributed by atoms with van der Waals surface area (Å²) in [7, 11) is -3.25. The zero-order chi connectivity index (χ0) is 12.6. The van der Waals surface area contributed by atoms with Crippen molar-refractivity contribution < 1.29 is 18.3 Å². The summed E-state index contributed by atoms with van der Waals surface area (Å²) in [5.74, 6) is 0.388. The number of aliphatic hydroxyl groups excluding tert-OH is 1. The molecule has 1 saturated carbocycles. The van der Waals surface area contributed by atoms with Crippen molar-refractivity contribution in [3.05, 3.63) is 0 Å². The number of nitrogens with one attached hydrogen (secondary N) is 1. The van der Waals surface area contributed by atoms with Gasteiger partial charge in [-0.25, -0.2) is 13.1 Å². The van der Waals surface area contributed by atoms with Crippen LogP contribution in [0.4, 0.5) is 0 Å². The van der Waals surface area contributed by atoms with Crippen LogP contribution in [0.2, 0.25) is 0 Å². The molecular formula is C10H18N2O4S. The number of carbonyl (C=O) groups excluding carboxylic acids is 1. The van der Waals surface area contributed by atoms with Crippen LogP contribution in [-0.4, -0.2) is 56.3 Å². The Morgan fingerprint density at radius 1 is 1.41 bits per heavy atom. The van der Waals surface area contributed by atoms with Gasteiger partial charge in [-0.05, 0) is 24.7 Å². The molecule has 98 valence electrons. The molecule has 7 heteroatoms. The number of amides is 1. The van der Waals surface area contributed by atoms with Crippen LogP contribution in [-0.2, 0) is 14.8 Å². The van der Waals surface area contributed by atoms with Crippen LogP contribution in [0.15, 0.2) is 0 Å². The van der Waals surface area contributed by atoms with E-state index in [1.165, 1.54) is 0 Å². The van der Waals surface area contributed by atoms with Gasteiger partial charge in [0.25, 0.3) is 0 Å². The molecule has 1 amide bonds. The first-order valence-corrected chi connectivity index (χ1v) is 7.66. The molecule has 0 aromatic rings. The highest BCUT2D eigenvalue weighted by Crippen LogP contribution is 2.41. The van der Waals surface area contributed by atoms with E-state index in [4.69, 9.17) is 5.11 Å². The summed E-state index contributed by atoms with van der Waals surface area (Å²) in [4.78, 5) is 13.0. The van der Waals surface area contributed by atoms with Crippen molar-refractivity contribution in [3.8, 4) is 0 Å². The van der Waals surface area contributed by atoms with Crippen LogP contribution < -0.4 is 4.72 Å². The molecule has 2 aliphatic rings. The molecule has 2 fully saturated rings. The maximum Gasteiger partial charge on any atom is 0.248 e. The maximum atomic E-state index is 11.4. The number of carbonyl (C=O) groups is 1. The fourth-order valence-electron chi connectivity index (χ4n) is 2.53. The molecule has 0 spiro atoms. The summed E-state index contributed by atoms with van der Waals surface area (Å²) in [6.07, 6.45) is 3.34. The Kier molecular flexibility index (Phi) is 3.42. The second kappa shape index (κ2) is 4.55. The topological polar surface area (TPSA) is 86.7 Å². The largest absolute Gasteiger partial charge is 0.387 e. The zero-order valence-corrected chi connectivity index (χ0v) is 10.6. The minimum Gasteiger partial charge on any atom is -0.387 e. The van der Waals surface area contributed by atoms with Gasteiger partial charge >= 0.3 is 0 Å². The van der Waals surface area contributed by atoms with Crippen molar-refractivity contribution in [2.75, 3.05) is 26.0 Å². The highest BCUT2D eigenvalue weighted by Gasteiger charge is 2.44. The summed E-state index contributed by atoms with van der Waals surface area (Å²) < 4.78 is 25.1. The van der Waals surface area contributed by atoms with Crippen LogP contribution in [0.1, 0.15) is 12.8 Å². The van der Waals surface area contributed by atoms with E-state index in [9.17, 15) is 13.2 Å². The molecule has 0 aromatic heterocycles. The summed E-state index contributed by atoms with van der Waals surface area (Å²) in [5, 5.41) is 8.82. The molecule has 2 N–H and O–H groups in total. The second-order valence-electron chi connectivity index (χ2n) is 4.95. The fraction of sp³-hybridized carbons (Fsp3) is 0.900. The van der Waals surface area contributed by atoms with Crippen molar-refractivity contribution in [2.24, 2.45) is 11.8 Å². The van der Waals surface area contributed by atoms with Gasteiger partial charge in [0.2, 0.25) is 15.9 Å². The number of rotatable bonds is 4. The molecule has 17 heavy (non-hydrogen) atoms. The molecule has 1 heterocycles. The highest BCUT2D eigenvalue weighted by molar-refractivity contribution is 7.88. The van der Waals surface area contributed by atoms with Gasteiger partial charge in [0.15, 0.2) is 0 Å². The van der Waals surface area contributed by atoms with Gasteiger partial charge < -0.3 is 10.0 Å². The van der Waals surface area contributed by atoms with E-state index in [1.807, 2.05) is 0 Å². The van der Waals surface area contributed by atoms with Crippen LogP contribution in [0.3, 0.4) is 0 Å². The molecule has 1 aliphatic carbocycles. The Morgan fingerprint density at radius 3 is 2.53 bits per heavy atom. The van der Waals surface area contributed by atoms with Gasteiger partial charge in [0, 0.05) is 19.1 Å². The first kappa shape index (κ1) is 12.8. The molecule has 0 unspecified atom stereocenters. The van der Waals surface area contributed by atoms with Crippen molar-refractivity contribution in [1.29, 1.82) is 0 Å². The van der Waals surface area contributed by atoms with E-state index in [0.29, 0.717) is 19.0 Å². The van der Waals surface area contributed by atoms with E-state index in [-0.39, 0.29) is 17.9 Å². The molecule has 0 radical (unpaired) electrons. The van der Waals surface area contributed by atoms with Crippen molar-refractivity contribution in [3.63, 3.8) is 0 Å². The average Bonchev–Trinajstić information content (AvgIpc) is 2.98. The minimum absolute atomic E-state index is 0.195. The lowest BCUT2D eigenvalue weighted by Gasteiger charge is -2.17. The number of likely N-dealkylation sites (tertiary alicyclic amines) is 1. The molecule has 2 atom stereocenters. The summed E-state index contributed by atoms with van der Waals surface area (Å²) in [5.41, 5.74) is 0. The first-order valence-electron chi connectivity index (χ1n) is 5.76. The number of hydrogen-bond donors (Lipinski definition) is 2. The van der Waals surface area contributed by atoms with E-state index in [0.717, 1.165) is 19.1 Å². The monoisotopic (exact) mass is 262 g/mol. The second-order valence-corrected chi connectivity index (χ2v) is 6.73. The van der Waals surface area contributed by atoms with Gasteiger partial charge in [0.05, 0.1) is 6.26 Å². The third-order valence-electron chi connectivity index (χ3n) is 3.45. The molecule has 1 saturated heterocycles. The fourth-order valence-corrected chi connectivity index (χ4v) is 3.33. The smallest absolute Gasteiger partial charge is 0.248 e. The quantitative estimate of drug-likeness (QED) is 0.664. The van der Waals surface area contributed by atoms with E-state index in [1.54, 1.807) is 4.90 Å². The van der Waals surface area contributed by atoms with Crippen LogP contribution in [0.25, 0.3) is 0 Å². The molecule has 0 aromatic carbocycles. The summed E-state index contributed by atoms with van der Waals surface area (Å²) in [6, 6.07) is -0.201. The number of aliphatic hydroxyl groups is 1. The Morgan fingerprint density at radius 2 is 2.06 bits per heavy atom. The molecular weight excluding hydrogens is 244 g/mol. The lowest BCUT2D eigenvalue weighted by Crippen LogP contribution is -2.41. The van der Waals surface area contributed by atoms with Gasteiger partial charge in [-0.15, -0.1) is 0 Å². The SMILES string of the molecule is CS(=O)(=O)N[C@H]1CN(C(=O)CO)C[C@@H]1C1CC1. The number of nitrogens with zero attached hydrogens (tertiary/aromatic N) is 1. The Hall–Kier alpha value is -0.660. The number of hydrogen-bond acceptors (Lipinski definition) is 4. The Balaban J connectivity index is 2.05. The summed E-state index contributed by atoms with van der Waals surface area (Å²) >= 11 is 0. The van der Waals surface area contributed by atoms with Crippen LogP contribution in [0.5, 0.6) is 0 Å². The minimum atomic E-state index is -3.25. The van der Waals surface area contributed by atoms with E-state index >= 15 is 0 Å². The zero-order valence-electron chi connectivity index (χ0n) is 9.80. The van der Waals surface area contributed by atoms with E-state index in [2.05, 4.69) is 4.72 Å². The maximum absolute atomic E-state index is 11.4. The predicted molar refractivity (Wildman–Crippen MR) is 61.6 cm³/mol. The number of sulfonamides is 1. The van der Waals surface area contributed by atoms with Crippen molar-refractivity contribution >= 4 is 15.9 Å². The van der Waals surface area contributed by atoms with Gasteiger partial charge in [-0.1, -0.05) is 0 Å². The van der Waals surface area contributed by atoms with Gasteiger partial charge in [-0.3, -0.25) is 4.79 Å². The van der Waals surface area contributed by atoms with Crippen LogP contribution in [0, 0.1) is 11.8 Å². The summed E-state index contributed by atoms with van der Waals surface area (Å²) in [6.45, 7) is 0.411. The van der Waals surface area contributed by atoms with E-state index < -0.39 is 16.6 Å². The van der Waals surface area contributed by atoms with Crippen molar-refractivity contribution in [1.82, 2.24) is 9.62 Å². The van der Waals surface area contributed by atoms with Crippen molar-refractivity contribution in [2.45, 2.75) is 18.9 Å². The first-order chi connectivity index (χ1) is 7.90. The standard InChI is InChI=1S/C10H18N2O4S/c1-17(15,16)11-9-5-12(10(14)6-13)4-8(9)7-2-3-7/h7-9,11,13H,2-6H2,1H3/t8-,9+/m1/s1. The normalized spacial score (nSPS) is 29.6. The highest BCUT2D eigenvalue weighted by atomic mass is 32.2. The van der Waals surface area contributed by atoms with Crippen LogP contribution >= 0.6 is 0 Å². The third kappa shape index (κ3) is 3.17. The Labute approximate surface area is 101 Å². The lowest BCUT2D eigenvalue weighted by atomic mass is 9.99. The molecule has 0 bridgehead atoms. The molecule has 2 rings (SSSR count). The molecule has 6 nitrogen and oxygen atoms in total. The van der Waals surface area contributed by atoms with Gasteiger partial charge in [0.1, 0.15) is 6.61 Å². The third-order valence-corrected chi connectivity index (χ3v) is 4.18. The molecule has 1 aliphatic heterocycles. The lowest BCUT2D eigenvalue weighted by molar-refractivity contribution is -0.133. The average molecular weight is 262 g/mol. The predicted octanol–water partition coefficient (Wildman–Crippen LogP) is -1.24. The van der Waals surface area contributed by atoms with Gasteiger partial charge in [-0.2, -0.15) is 0 Å².